The number of halogens is 3. The summed E-state index contributed by atoms with van der Waals surface area (Å²) in [6, 6.07) is 4.46. The number of nitrogens with one attached hydrogen (secondary N) is 1. The van der Waals surface area contributed by atoms with Gasteiger partial charge >= 0.3 is 0 Å². The normalized spacial score (nSPS) is 22.5. The van der Waals surface area contributed by atoms with Gasteiger partial charge in [-0.2, -0.15) is 0 Å². The summed E-state index contributed by atoms with van der Waals surface area (Å²) in [6.07, 6.45) is 3.68. The first-order valence-electron chi connectivity index (χ1n) is 9.20. The first kappa shape index (κ1) is 22.3. The third-order valence-electron chi connectivity index (χ3n) is 5.28. The van der Waals surface area contributed by atoms with Crippen molar-refractivity contribution < 1.29 is 9.59 Å². The molecule has 2 saturated heterocycles. The van der Waals surface area contributed by atoms with Gasteiger partial charge in [-0.25, -0.2) is 0 Å². The van der Waals surface area contributed by atoms with Gasteiger partial charge in [0.1, 0.15) is 6.04 Å². The fourth-order valence-electron chi connectivity index (χ4n) is 4.01. The average Bonchev–Trinajstić information content (AvgIpc) is 3.13. The molecule has 27 heavy (non-hydrogen) atoms. The van der Waals surface area contributed by atoms with Gasteiger partial charge in [0.05, 0.1) is 10.6 Å². The van der Waals surface area contributed by atoms with Crippen LogP contribution in [-0.2, 0) is 4.79 Å². The van der Waals surface area contributed by atoms with Crippen molar-refractivity contribution in [3.8, 4) is 0 Å². The summed E-state index contributed by atoms with van der Waals surface area (Å²) in [5.41, 5.74) is 0.366. The van der Waals surface area contributed by atoms with Gasteiger partial charge < -0.3 is 15.1 Å². The molecule has 3 rings (SSSR count). The van der Waals surface area contributed by atoms with E-state index in [1.165, 1.54) is 0 Å². The van der Waals surface area contributed by atoms with Gasteiger partial charge in [-0.1, -0.05) is 23.2 Å². The lowest BCUT2D eigenvalue weighted by molar-refractivity contribution is -0.137. The van der Waals surface area contributed by atoms with Crippen molar-refractivity contribution in [2.45, 2.75) is 31.7 Å². The highest BCUT2D eigenvalue weighted by Crippen LogP contribution is 2.28. The van der Waals surface area contributed by atoms with E-state index in [4.69, 9.17) is 23.2 Å². The Morgan fingerprint density at radius 3 is 2.67 bits per heavy atom. The van der Waals surface area contributed by atoms with Crippen LogP contribution < -0.4 is 5.32 Å². The van der Waals surface area contributed by atoms with Gasteiger partial charge in [-0.3, -0.25) is 9.59 Å². The second kappa shape index (κ2) is 9.97. The molecule has 2 heterocycles. The Hall–Kier alpha value is -1.01. The molecule has 2 unspecified atom stereocenters. The van der Waals surface area contributed by atoms with Crippen LogP contribution in [0.5, 0.6) is 0 Å². The summed E-state index contributed by atoms with van der Waals surface area (Å²) in [5.74, 6) is 0.331. The zero-order valence-electron chi connectivity index (χ0n) is 15.4. The molecule has 150 valence electrons. The maximum atomic E-state index is 13.1. The molecule has 0 saturated carbocycles. The number of nitrogens with zero attached hydrogens (tertiary/aromatic N) is 2. The third-order valence-corrected chi connectivity index (χ3v) is 5.85. The molecule has 1 aromatic rings. The van der Waals surface area contributed by atoms with Crippen LogP contribution in [0.15, 0.2) is 18.2 Å². The molecule has 0 aromatic heterocycles. The lowest BCUT2D eigenvalue weighted by Crippen LogP contribution is -2.51. The summed E-state index contributed by atoms with van der Waals surface area (Å²) < 4.78 is 0. The Bertz CT molecular complexity index is 684. The topological polar surface area (TPSA) is 52.7 Å². The van der Waals surface area contributed by atoms with Crippen LogP contribution in [0.1, 0.15) is 36.0 Å². The van der Waals surface area contributed by atoms with E-state index in [9.17, 15) is 9.59 Å². The van der Waals surface area contributed by atoms with Gasteiger partial charge in [0.15, 0.2) is 0 Å². The summed E-state index contributed by atoms with van der Waals surface area (Å²) in [7, 11) is 1.94. The third kappa shape index (κ3) is 5.08. The Labute approximate surface area is 176 Å². The van der Waals surface area contributed by atoms with Gasteiger partial charge in [0, 0.05) is 24.7 Å². The molecule has 2 fully saturated rings. The SMILES string of the molecule is CNCC1CCCN(C(=O)C2CCCN2C(=O)c2cc(Cl)ccc2Cl)C1.Cl. The highest BCUT2D eigenvalue weighted by atomic mass is 35.5. The average molecular weight is 435 g/mol. The van der Waals surface area contributed by atoms with E-state index in [1.54, 1.807) is 23.1 Å². The fraction of sp³-hybridized carbons (Fsp3) is 0.579. The van der Waals surface area contributed by atoms with Crippen LogP contribution in [0.25, 0.3) is 0 Å². The van der Waals surface area contributed by atoms with Crippen molar-refractivity contribution in [1.82, 2.24) is 15.1 Å². The number of piperidine rings is 1. The predicted molar refractivity (Wildman–Crippen MR) is 111 cm³/mol. The number of hydrogen-bond donors (Lipinski definition) is 1. The van der Waals surface area contributed by atoms with Gasteiger partial charge in [0.25, 0.3) is 5.91 Å². The second-order valence-electron chi connectivity index (χ2n) is 7.13. The first-order chi connectivity index (χ1) is 12.5. The molecule has 2 amide bonds. The molecular weight excluding hydrogens is 409 g/mol. The minimum absolute atomic E-state index is 0. The van der Waals surface area contributed by atoms with E-state index in [2.05, 4.69) is 5.32 Å². The summed E-state index contributed by atoms with van der Waals surface area (Å²) >= 11 is 12.2. The molecule has 1 N–H and O–H groups in total. The maximum absolute atomic E-state index is 13.1. The number of rotatable bonds is 4. The van der Waals surface area contributed by atoms with Crippen molar-refractivity contribution in [1.29, 1.82) is 0 Å². The smallest absolute Gasteiger partial charge is 0.256 e. The van der Waals surface area contributed by atoms with E-state index in [0.717, 1.165) is 38.9 Å². The minimum atomic E-state index is -0.397. The lowest BCUT2D eigenvalue weighted by Gasteiger charge is -2.36. The lowest BCUT2D eigenvalue weighted by atomic mass is 9.97. The van der Waals surface area contributed by atoms with E-state index in [0.29, 0.717) is 34.5 Å². The summed E-state index contributed by atoms with van der Waals surface area (Å²) in [5, 5.41) is 4.03. The molecule has 1 aromatic carbocycles. The molecule has 0 radical (unpaired) electrons. The van der Waals surface area contributed by atoms with Crippen LogP contribution in [0.4, 0.5) is 0 Å². The largest absolute Gasteiger partial charge is 0.341 e. The summed E-state index contributed by atoms with van der Waals surface area (Å²) in [6.45, 7) is 3.02. The number of hydrogen-bond acceptors (Lipinski definition) is 3. The van der Waals surface area contributed by atoms with Crippen LogP contribution in [0, 0.1) is 5.92 Å². The van der Waals surface area contributed by atoms with E-state index in [-0.39, 0.29) is 24.2 Å². The number of carbonyl (C=O) groups excluding carboxylic acids is 2. The Morgan fingerprint density at radius 1 is 1.19 bits per heavy atom. The molecule has 0 bridgehead atoms. The number of carbonyl (C=O) groups is 2. The van der Waals surface area contributed by atoms with E-state index < -0.39 is 6.04 Å². The Kier molecular flexibility index (Phi) is 8.22. The van der Waals surface area contributed by atoms with E-state index in [1.807, 2.05) is 11.9 Å². The Morgan fingerprint density at radius 2 is 1.93 bits per heavy atom. The van der Waals surface area contributed by atoms with Crippen molar-refractivity contribution in [2.24, 2.45) is 5.92 Å². The molecule has 5 nitrogen and oxygen atoms in total. The first-order valence-corrected chi connectivity index (χ1v) is 9.96. The van der Waals surface area contributed by atoms with Gasteiger partial charge in [0.2, 0.25) is 5.91 Å². The molecule has 2 aliphatic rings. The van der Waals surface area contributed by atoms with Crippen LogP contribution in [0.2, 0.25) is 10.0 Å². The number of benzene rings is 1. The zero-order valence-corrected chi connectivity index (χ0v) is 17.7. The van der Waals surface area contributed by atoms with Crippen molar-refractivity contribution >= 4 is 47.4 Å². The molecule has 8 heteroatoms. The van der Waals surface area contributed by atoms with Crippen LogP contribution in [-0.4, -0.2) is 60.9 Å². The monoisotopic (exact) mass is 433 g/mol. The quantitative estimate of drug-likeness (QED) is 0.789. The zero-order chi connectivity index (χ0) is 18.7. The van der Waals surface area contributed by atoms with Gasteiger partial charge in [-0.15, -0.1) is 12.4 Å². The molecule has 0 aliphatic carbocycles. The molecular formula is C19H26Cl3N3O2. The predicted octanol–water partition coefficient (Wildman–Crippen LogP) is 3.48. The summed E-state index contributed by atoms with van der Waals surface area (Å²) in [4.78, 5) is 29.7. The minimum Gasteiger partial charge on any atom is -0.341 e. The molecule has 0 spiro atoms. The Balaban J connectivity index is 0.00000261. The van der Waals surface area contributed by atoms with Crippen LogP contribution >= 0.6 is 35.6 Å². The second-order valence-corrected chi connectivity index (χ2v) is 7.97. The molecule has 2 aliphatic heterocycles. The number of amides is 2. The standard InChI is InChI=1S/C19H25Cl2N3O2.ClH/c1-22-11-13-4-2-8-23(12-13)19(26)17-5-3-9-24(17)18(25)15-10-14(20)6-7-16(15)21;/h6-7,10,13,17,22H,2-5,8-9,11-12H2,1H3;1H. The van der Waals surface area contributed by atoms with E-state index >= 15 is 0 Å². The van der Waals surface area contributed by atoms with Gasteiger partial charge in [-0.05, 0) is 63.4 Å². The van der Waals surface area contributed by atoms with Crippen molar-refractivity contribution in [2.75, 3.05) is 33.2 Å². The highest BCUT2D eigenvalue weighted by molar-refractivity contribution is 6.35. The van der Waals surface area contributed by atoms with Crippen molar-refractivity contribution in [3.63, 3.8) is 0 Å². The maximum Gasteiger partial charge on any atom is 0.256 e. The van der Waals surface area contributed by atoms with Crippen LogP contribution in [0.3, 0.4) is 0 Å². The fourth-order valence-corrected chi connectivity index (χ4v) is 4.38. The number of likely N-dealkylation sites (tertiary alicyclic amines) is 2. The highest BCUT2D eigenvalue weighted by Gasteiger charge is 2.38. The molecule has 2 atom stereocenters. The van der Waals surface area contributed by atoms with Crippen molar-refractivity contribution in [3.05, 3.63) is 33.8 Å².